The zero-order valence-corrected chi connectivity index (χ0v) is 12.9. The summed E-state index contributed by atoms with van der Waals surface area (Å²) in [7, 11) is 0. The van der Waals surface area contributed by atoms with Gasteiger partial charge < -0.3 is 9.88 Å². The van der Waals surface area contributed by atoms with Gasteiger partial charge in [-0.1, -0.05) is 20.8 Å². The molecule has 1 N–H and O–H groups in total. The SMILES string of the molecule is CCNC(c1ccn(Cc2ccnc(C#N)c2)c1)C(C)C. The Kier molecular flexibility index (Phi) is 5.13. The summed E-state index contributed by atoms with van der Waals surface area (Å²) in [5.41, 5.74) is 2.86. The molecule has 0 radical (unpaired) electrons. The van der Waals surface area contributed by atoms with Gasteiger partial charge in [-0.2, -0.15) is 5.26 Å². The second-order valence-corrected chi connectivity index (χ2v) is 5.56. The van der Waals surface area contributed by atoms with E-state index < -0.39 is 0 Å². The number of aromatic nitrogens is 2. The second kappa shape index (κ2) is 7.05. The van der Waals surface area contributed by atoms with Gasteiger partial charge in [0.05, 0.1) is 0 Å². The first kappa shape index (κ1) is 15.3. The lowest BCUT2D eigenvalue weighted by atomic mass is 9.98. The van der Waals surface area contributed by atoms with Gasteiger partial charge in [-0.25, -0.2) is 4.98 Å². The minimum atomic E-state index is 0.378. The predicted octanol–water partition coefficient (Wildman–Crippen LogP) is 3.11. The molecule has 21 heavy (non-hydrogen) atoms. The topological polar surface area (TPSA) is 53.6 Å². The molecule has 2 aromatic rings. The summed E-state index contributed by atoms with van der Waals surface area (Å²) in [5, 5.41) is 12.4. The van der Waals surface area contributed by atoms with Gasteiger partial charge in [-0.15, -0.1) is 0 Å². The van der Waals surface area contributed by atoms with E-state index in [2.05, 4.69) is 60.2 Å². The summed E-state index contributed by atoms with van der Waals surface area (Å²) in [6, 6.07) is 8.41. The Morgan fingerprint density at radius 2 is 2.19 bits per heavy atom. The van der Waals surface area contributed by atoms with Gasteiger partial charge in [0, 0.05) is 31.2 Å². The number of nitriles is 1. The van der Waals surface area contributed by atoms with E-state index in [0.29, 0.717) is 17.7 Å². The van der Waals surface area contributed by atoms with E-state index in [1.54, 1.807) is 6.20 Å². The standard InChI is InChI=1S/C17H22N4/c1-4-19-17(13(2)3)15-6-8-21(12-15)11-14-5-7-20-16(9-14)10-18/h5-9,12-13,17,19H,4,11H2,1-3H3. The molecule has 0 aromatic carbocycles. The normalized spacial score (nSPS) is 12.3. The molecule has 4 heteroatoms. The van der Waals surface area contributed by atoms with E-state index in [0.717, 1.165) is 18.7 Å². The first-order valence-electron chi connectivity index (χ1n) is 7.38. The number of nitrogens with one attached hydrogen (secondary N) is 1. The van der Waals surface area contributed by atoms with Crippen molar-refractivity contribution in [3.8, 4) is 6.07 Å². The van der Waals surface area contributed by atoms with Gasteiger partial charge in [-0.05, 0) is 41.8 Å². The molecule has 0 bridgehead atoms. The summed E-state index contributed by atoms with van der Waals surface area (Å²) in [4.78, 5) is 4.00. The molecule has 2 rings (SSSR count). The lowest BCUT2D eigenvalue weighted by Crippen LogP contribution is -2.25. The lowest BCUT2D eigenvalue weighted by Gasteiger charge is -2.20. The fourth-order valence-corrected chi connectivity index (χ4v) is 2.54. The Balaban J connectivity index is 2.14. The molecule has 0 saturated heterocycles. The molecule has 110 valence electrons. The third-order valence-electron chi connectivity index (χ3n) is 3.53. The van der Waals surface area contributed by atoms with Gasteiger partial charge in [0.15, 0.2) is 0 Å². The van der Waals surface area contributed by atoms with E-state index >= 15 is 0 Å². The molecule has 0 saturated carbocycles. The Labute approximate surface area is 126 Å². The molecular weight excluding hydrogens is 260 g/mol. The molecule has 0 amide bonds. The van der Waals surface area contributed by atoms with Crippen molar-refractivity contribution in [3.63, 3.8) is 0 Å². The first-order chi connectivity index (χ1) is 10.1. The van der Waals surface area contributed by atoms with Crippen molar-refractivity contribution in [3.05, 3.63) is 53.6 Å². The summed E-state index contributed by atoms with van der Waals surface area (Å²) < 4.78 is 2.15. The predicted molar refractivity (Wildman–Crippen MR) is 83.7 cm³/mol. The van der Waals surface area contributed by atoms with Crippen molar-refractivity contribution < 1.29 is 0 Å². The summed E-state index contributed by atoms with van der Waals surface area (Å²) in [6.07, 6.45) is 5.96. The maximum absolute atomic E-state index is 8.90. The van der Waals surface area contributed by atoms with Crippen molar-refractivity contribution in [2.24, 2.45) is 5.92 Å². The fraction of sp³-hybridized carbons (Fsp3) is 0.412. The minimum absolute atomic E-state index is 0.378. The maximum Gasteiger partial charge on any atom is 0.140 e. The third kappa shape index (κ3) is 3.93. The number of nitrogens with zero attached hydrogens (tertiary/aromatic N) is 3. The summed E-state index contributed by atoms with van der Waals surface area (Å²) in [6.45, 7) is 8.31. The van der Waals surface area contributed by atoms with E-state index in [1.807, 2.05) is 12.1 Å². The van der Waals surface area contributed by atoms with Crippen molar-refractivity contribution >= 4 is 0 Å². The van der Waals surface area contributed by atoms with Gasteiger partial charge >= 0.3 is 0 Å². The van der Waals surface area contributed by atoms with E-state index in [-0.39, 0.29) is 0 Å². The van der Waals surface area contributed by atoms with E-state index in [4.69, 9.17) is 5.26 Å². The average Bonchev–Trinajstić information content (AvgIpc) is 2.92. The molecule has 0 aliphatic rings. The lowest BCUT2D eigenvalue weighted by molar-refractivity contribution is 0.421. The summed E-state index contributed by atoms with van der Waals surface area (Å²) in [5.74, 6) is 0.548. The Morgan fingerprint density at radius 3 is 2.86 bits per heavy atom. The monoisotopic (exact) mass is 282 g/mol. The van der Waals surface area contributed by atoms with Crippen molar-refractivity contribution in [2.75, 3.05) is 6.54 Å². The van der Waals surface area contributed by atoms with Crippen LogP contribution in [0.1, 0.15) is 43.6 Å². The highest BCUT2D eigenvalue weighted by atomic mass is 15.0. The van der Waals surface area contributed by atoms with Crippen LogP contribution in [0, 0.1) is 17.2 Å². The van der Waals surface area contributed by atoms with Crippen LogP contribution < -0.4 is 5.32 Å². The summed E-state index contributed by atoms with van der Waals surface area (Å²) >= 11 is 0. The zero-order chi connectivity index (χ0) is 15.2. The molecule has 0 fully saturated rings. The van der Waals surface area contributed by atoms with Crippen LogP contribution in [0.2, 0.25) is 0 Å². The van der Waals surface area contributed by atoms with E-state index in [1.165, 1.54) is 5.56 Å². The number of hydrogen-bond acceptors (Lipinski definition) is 3. The van der Waals surface area contributed by atoms with Crippen LogP contribution in [0.3, 0.4) is 0 Å². The first-order valence-corrected chi connectivity index (χ1v) is 7.38. The number of pyridine rings is 1. The molecule has 0 spiro atoms. The van der Waals surface area contributed by atoms with Crippen molar-refractivity contribution in [2.45, 2.75) is 33.4 Å². The molecule has 0 aliphatic heterocycles. The van der Waals surface area contributed by atoms with Crippen LogP contribution in [0.5, 0.6) is 0 Å². The molecule has 1 atom stereocenters. The highest BCUT2D eigenvalue weighted by Gasteiger charge is 2.15. The molecular formula is C17H22N4. The van der Waals surface area contributed by atoms with Crippen LogP contribution in [0.4, 0.5) is 0 Å². The molecule has 4 nitrogen and oxygen atoms in total. The molecule has 2 heterocycles. The highest BCUT2D eigenvalue weighted by molar-refractivity contribution is 5.26. The average molecular weight is 282 g/mol. The van der Waals surface area contributed by atoms with Gasteiger partial charge in [-0.3, -0.25) is 0 Å². The van der Waals surface area contributed by atoms with Crippen LogP contribution >= 0.6 is 0 Å². The zero-order valence-electron chi connectivity index (χ0n) is 12.9. The molecule has 0 aliphatic carbocycles. The molecule has 2 aromatic heterocycles. The largest absolute Gasteiger partial charge is 0.350 e. The third-order valence-corrected chi connectivity index (χ3v) is 3.53. The minimum Gasteiger partial charge on any atom is -0.350 e. The van der Waals surface area contributed by atoms with E-state index in [9.17, 15) is 0 Å². The smallest absolute Gasteiger partial charge is 0.140 e. The van der Waals surface area contributed by atoms with Crippen LogP contribution in [0.25, 0.3) is 0 Å². The quantitative estimate of drug-likeness (QED) is 0.885. The van der Waals surface area contributed by atoms with Crippen LogP contribution in [0.15, 0.2) is 36.8 Å². The fourth-order valence-electron chi connectivity index (χ4n) is 2.54. The Hall–Kier alpha value is -2.12. The highest BCUT2D eigenvalue weighted by Crippen LogP contribution is 2.22. The van der Waals surface area contributed by atoms with Crippen LogP contribution in [-0.2, 0) is 6.54 Å². The van der Waals surface area contributed by atoms with Crippen LogP contribution in [-0.4, -0.2) is 16.1 Å². The maximum atomic E-state index is 8.90. The van der Waals surface area contributed by atoms with Gasteiger partial charge in [0.25, 0.3) is 0 Å². The Morgan fingerprint density at radius 1 is 1.38 bits per heavy atom. The second-order valence-electron chi connectivity index (χ2n) is 5.56. The number of rotatable bonds is 6. The molecule has 1 unspecified atom stereocenters. The van der Waals surface area contributed by atoms with Gasteiger partial charge in [0.2, 0.25) is 0 Å². The van der Waals surface area contributed by atoms with Crippen molar-refractivity contribution in [1.29, 1.82) is 5.26 Å². The van der Waals surface area contributed by atoms with Gasteiger partial charge in [0.1, 0.15) is 11.8 Å². The Bertz CT molecular complexity index is 622. The number of hydrogen-bond donors (Lipinski definition) is 1. The van der Waals surface area contributed by atoms with Crippen molar-refractivity contribution in [1.82, 2.24) is 14.9 Å².